The largest absolute Gasteiger partial charge is 0.309 e. The van der Waals surface area contributed by atoms with Gasteiger partial charge >= 0.3 is 0 Å². The molecule has 1 aliphatic heterocycles. The monoisotopic (exact) mass is 748 g/mol. The number of nitrogens with zero attached hydrogens (tertiary/aromatic N) is 4. The summed E-state index contributed by atoms with van der Waals surface area (Å²) >= 11 is 0. The van der Waals surface area contributed by atoms with Gasteiger partial charge in [-0.3, -0.25) is 0 Å². The van der Waals surface area contributed by atoms with Crippen molar-refractivity contribution in [2.45, 2.75) is 9.79 Å². The highest BCUT2D eigenvalue weighted by atomic mass is 32.2. The van der Waals surface area contributed by atoms with E-state index in [2.05, 4.69) is 108 Å². The van der Waals surface area contributed by atoms with E-state index in [1.54, 1.807) is 0 Å². The molecule has 0 saturated carbocycles. The number of rotatable bonds is 6. The van der Waals surface area contributed by atoms with Gasteiger partial charge in [0.15, 0.2) is 17.5 Å². The molecule has 11 rings (SSSR count). The lowest BCUT2D eigenvalue weighted by molar-refractivity contribution is 0.685. The molecule has 1 atom stereocenters. The summed E-state index contributed by atoms with van der Waals surface area (Å²) in [5, 5.41) is 2.37. The Balaban J connectivity index is 1.04. The van der Waals surface area contributed by atoms with Crippen LogP contribution in [0.25, 0.3) is 95.0 Å². The number of fused-ring (bicyclic) bond motifs is 6. The third-order valence-electron chi connectivity index (χ3n) is 10.8. The summed E-state index contributed by atoms with van der Waals surface area (Å²) in [4.78, 5) is 16.6. The fraction of sp³-hybridized carbons (Fsp3) is 0. The molecule has 0 radical (unpaired) electrons. The van der Waals surface area contributed by atoms with E-state index in [0.717, 1.165) is 76.6 Å². The first kappa shape index (κ1) is 33.1. The second-order valence-corrected chi connectivity index (χ2v) is 15.6. The second-order valence-electron chi connectivity index (χ2n) is 14.2. The summed E-state index contributed by atoms with van der Waals surface area (Å²) in [5.74, 6) is 1.89. The normalized spacial score (nSPS) is 13.2. The van der Waals surface area contributed by atoms with Gasteiger partial charge in [0.05, 0.1) is 31.6 Å². The Morgan fingerprint density at radius 2 is 0.912 bits per heavy atom. The molecule has 1 aliphatic rings. The summed E-state index contributed by atoms with van der Waals surface area (Å²) in [7, 11) is -1.20. The third-order valence-corrected chi connectivity index (χ3v) is 12.3. The van der Waals surface area contributed by atoms with Crippen molar-refractivity contribution >= 4 is 32.6 Å². The zero-order valence-corrected chi connectivity index (χ0v) is 31.4. The number of hydrogen-bond acceptors (Lipinski definition) is 4. The SMILES string of the molecule is O=S1c2ccccc2-c2c(-c3cccc(-n4c5ccccc5c5ccc(-c6cccc(-c7nc(-c8ccccc8)nc(-c8ccccc8)n7)c6)cc54)c3)cccc21. The topological polar surface area (TPSA) is 60.7 Å². The Kier molecular flexibility index (Phi) is 7.83. The van der Waals surface area contributed by atoms with E-state index >= 15 is 0 Å². The molecular weight excluding hydrogens is 717 g/mol. The average Bonchev–Trinajstić information content (AvgIpc) is 3.78. The second kappa shape index (κ2) is 13.5. The highest BCUT2D eigenvalue weighted by molar-refractivity contribution is 7.85. The molecule has 0 aliphatic carbocycles. The van der Waals surface area contributed by atoms with Crippen LogP contribution in [0.4, 0.5) is 0 Å². The highest BCUT2D eigenvalue weighted by Gasteiger charge is 2.28. The zero-order chi connectivity index (χ0) is 37.9. The van der Waals surface area contributed by atoms with Crippen LogP contribution in [0.1, 0.15) is 0 Å². The van der Waals surface area contributed by atoms with Gasteiger partial charge in [-0.2, -0.15) is 0 Å². The number of hydrogen-bond donors (Lipinski definition) is 0. The maximum absolute atomic E-state index is 13.5. The van der Waals surface area contributed by atoms with Crippen LogP contribution in [0.3, 0.4) is 0 Å². The molecule has 6 heteroatoms. The van der Waals surface area contributed by atoms with E-state index in [0.29, 0.717) is 17.5 Å². The lowest BCUT2D eigenvalue weighted by atomic mass is 9.94. The van der Waals surface area contributed by atoms with E-state index in [4.69, 9.17) is 15.0 Å². The van der Waals surface area contributed by atoms with Crippen LogP contribution < -0.4 is 0 Å². The van der Waals surface area contributed by atoms with Crippen molar-refractivity contribution in [1.29, 1.82) is 0 Å². The molecule has 0 spiro atoms. The Hall–Kier alpha value is -7.28. The van der Waals surface area contributed by atoms with E-state index in [1.807, 2.05) is 91.0 Å². The predicted molar refractivity (Wildman–Crippen MR) is 231 cm³/mol. The van der Waals surface area contributed by atoms with Gasteiger partial charge in [0.25, 0.3) is 0 Å². The summed E-state index contributed by atoms with van der Waals surface area (Å²) in [6.07, 6.45) is 0. The first-order valence-electron chi connectivity index (χ1n) is 18.9. The molecule has 268 valence electrons. The first-order chi connectivity index (χ1) is 28.2. The molecular formula is C51H32N4OS. The fourth-order valence-corrected chi connectivity index (χ4v) is 9.59. The van der Waals surface area contributed by atoms with Crippen LogP contribution in [0.15, 0.2) is 204 Å². The molecule has 5 nitrogen and oxygen atoms in total. The van der Waals surface area contributed by atoms with E-state index in [1.165, 1.54) is 10.8 Å². The lowest BCUT2D eigenvalue weighted by Crippen LogP contribution is -2.00. The molecule has 0 fully saturated rings. The average molecular weight is 749 g/mol. The van der Waals surface area contributed by atoms with Crippen molar-refractivity contribution in [1.82, 2.24) is 19.5 Å². The van der Waals surface area contributed by atoms with E-state index in [9.17, 15) is 4.21 Å². The highest BCUT2D eigenvalue weighted by Crippen LogP contribution is 2.46. The minimum absolute atomic E-state index is 0.621. The molecule has 57 heavy (non-hydrogen) atoms. The summed E-state index contributed by atoms with van der Waals surface area (Å²) in [5.41, 5.74) is 12.5. The van der Waals surface area contributed by atoms with Gasteiger partial charge in [0, 0.05) is 44.3 Å². The molecule has 8 aromatic carbocycles. The summed E-state index contributed by atoms with van der Waals surface area (Å²) < 4.78 is 15.9. The van der Waals surface area contributed by atoms with Crippen LogP contribution in [0.5, 0.6) is 0 Å². The van der Waals surface area contributed by atoms with Crippen molar-refractivity contribution in [3.8, 4) is 73.2 Å². The van der Waals surface area contributed by atoms with E-state index in [-0.39, 0.29) is 0 Å². The molecule has 1 unspecified atom stereocenters. The number of para-hydroxylation sites is 1. The van der Waals surface area contributed by atoms with Crippen LogP contribution in [-0.2, 0) is 10.8 Å². The van der Waals surface area contributed by atoms with Crippen LogP contribution in [-0.4, -0.2) is 23.7 Å². The molecule has 0 N–H and O–H groups in total. The first-order valence-corrected chi connectivity index (χ1v) is 20.1. The van der Waals surface area contributed by atoms with Crippen molar-refractivity contribution in [2.24, 2.45) is 0 Å². The molecule has 0 saturated heterocycles. The Labute approximate surface area is 332 Å². The third kappa shape index (κ3) is 5.61. The quantitative estimate of drug-likeness (QED) is 0.170. The molecule has 0 bridgehead atoms. The standard InChI is InChI=1S/C51H32N4OS/c56-57-46-26-10-8-23-43(46)48-40(24-13-27-47(48)57)37-19-12-21-39(31-37)55-44-25-9-7-22-41(44)42-29-28-36(32-45(42)55)35-18-11-20-38(30-35)51-53-49(33-14-3-1-4-15-33)52-50(54-51)34-16-5-2-6-17-34/h1-32H. The minimum Gasteiger partial charge on any atom is -0.309 e. The Bertz CT molecular complexity index is 3150. The van der Waals surface area contributed by atoms with Gasteiger partial charge in [-0.05, 0) is 64.7 Å². The summed E-state index contributed by atoms with van der Waals surface area (Å²) in [6.45, 7) is 0. The Morgan fingerprint density at radius 1 is 0.368 bits per heavy atom. The fourth-order valence-electron chi connectivity index (χ4n) is 8.17. The van der Waals surface area contributed by atoms with Gasteiger partial charge in [0.1, 0.15) is 0 Å². The molecule has 0 amide bonds. The van der Waals surface area contributed by atoms with Gasteiger partial charge in [-0.1, -0.05) is 152 Å². The minimum atomic E-state index is -1.20. The molecule has 2 aromatic heterocycles. The van der Waals surface area contributed by atoms with Gasteiger partial charge in [0.2, 0.25) is 0 Å². The maximum Gasteiger partial charge on any atom is 0.164 e. The van der Waals surface area contributed by atoms with Crippen LogP contribution >= 0.6 is 0 Å². The van der Waals surface area contributed by atoms with Crippen molar-refractivity contribution in [3.05, 3.63) is 194 Å². The molecule has 10 aromatic rings. The van der Waals surface area contributed by atoms with Crippen molar-refractivity contribution in [3.63, 3.8) is 0 Å². The van der Waals surface area contributed by atoms with Crippen molar-refractivity contribution in [2.75, 3.05) is 0 Å². The summed E-state index contributed by atoms with van der Waals surface area (Å²) in [6, 6.07) is 66.8. The zero-order valence-electron chi connectivity index (χ0n) is 30.6. The predicted octanol–water partition coefficient (Wildman–Crippen LogP) is 12.5. The van der Waals surface area contributed by atoms with Crippen LogP contribution in [0, 0.1) is 0 Å². The van der Waals surface area contributed by atoms with Gasteiger partial charge in [-0.25, -0.2) is 19.2 Å². The van der Waals surface area contributed by atoms with Gasteiger partial charge < -0.3 is 4.57 Å². The van der Waals surface area contributed by atoms with Gasteiger partial charge in [-0.15, -0.1) is 0 Å². The van der Waals surface area contributed by atoms with Crippen molar-refractivity contribution < 1.29 is 4.21 Å². The maximum atomic E-state index is 13.5. The smallest absolute Gasteiger partial charge is 0.164 e. The van der Waals surface area contributed by atoms with Crippen LogP contribution in [0.2, 0.25) is 0 Å². The van der Waals surface area contributed by atoms with E-state index < -0.39 is 10.8 Å². The molecule has 3 heterocycles. The Morgan fingerprint density at radius 3 is 1.70 bits per heavy atom. The lowest BCUT2D eigenvalue weighted by Gasteiger charge is -2.13. The number of benzene rings is 8. The number of aromatic nitrogens is 4.